The van der Waals surface area contributed by atoms with E-state index in [4.69, 9.17) is 5.73 Å². The van der Waals surface area contributed by atoms with Gasteiger partial charge in [0.25, 0.3) is 5.91 Å². The number of hydrogen-bond acceptors (Lipinski definition) is 5. The fourth-order valence-electron chi connectivity index (χ4n) is 4.41. The van der Waals surface area contributed by atoms with Crippen molar-refractivity contribution in [1.82, 2.24) is 9.97 Å². The number of nitrogen functional groups attached to an aromatic ring is 1. The number of fused-ring (bicyclic) bond motifs is 1. The van der Waals surface area contributed by atoms with Crippen LogP contribution in [-0.2, 0) is 17.6 Å². The number of rotatable bonds is 5. The maximum absolute atomic E-state index is 13.3. The number of anilines is 3. The molecule has 1 aliphatic heterocycles. The molecule has 1 aromatic heterocycles. The first-order valence-electron chi connectivity index (χ1n) is 11.5. The molecule has 0 aliphatic carbocycles. The van der Waals surface area contributed by atoms with E-state index in [9.17, 15) is 9.59 Å². The average Bonchev–Trinajstić information content (AvgIpc) is 3.28. The van der Waals surface area contributed by atoms with Crippen LogP contribution in [0.15, 0.2) is 79.0 Å². The molecule has 0 unspecified atom stereocenters. The number of carbonyl (C=O) groups excluding carboxylic acids is 2. The monoisotopic (exact) mass is 463 g/mol. The molecule has 7 heteroatoms. The van der Waals surface area contributed by atoms with Gasteiger partial charge < -0.3 is 16.0 Å². The second-order valence-electron chi connectivity index (χ2n) is 8.59. The van der Waals surface area contributed by atoms with Gasteiger partial charge in [-0.1, -0.05) is 48.0 Å². The van der Waals surface area contributed by atoms with Gasteiger partial charge in [0.15, 0.2) is 0 Å². The normalized spacial score (nSPS) is 12.3. The first-order valence-corrected chi connectivity index (χ1v) is 11.5. The largest absolute Gasteiger partial charge is 0.368 e. The summed E-state index contributed by atoms with van der Waals surface area (Å²) in [5, 5.41) is 3.04. The van der Waals surface area contributed by atoms with Gasteiger partial charge in [-0.15, -0.1) is 0 Å². The molecule has 4 aromatic rings. The molecule has 35 heavy (non-hydrogen) atoms. The molecule has 0 atom stereocenters. The van der Waals surface area contributed by atoms with E-state index in [-0.39, 0.29) is 24.2 Å². The molecule has 3 aromatic carbocycles. The van der Waals surface area contributed by atoms with Crippen molar-refractivity contribution in [2.75, 3.05) is 22.5 Å². The zero-order valence-electron chi connectivity index (χ0n) is 19.4. The predicted octanol–water partition coefficient (Wildman–Crippen LogP) is 4.42. The van der Waals surface area contributed by atoms with Gasteiger partial charge in [0, 0.05) is 29.7 Å². The summed E-state index contributed by atoms with van der Waals surface area (Å²) in [6.45, 7) is 2.56. The Balaban J connectivity index is 1.34. The molecule has 0 spiro atoms. The van der Waals surface area contributed by atoms with Gasteiger partial charge in [-0.3, -0.25) is 9.59 Å². The minimum absolute atomic E-state index is 0.0501. The number of nitrogens with one attached hydrogen (secondary N) is 1. The number of aryl methyl sites for hydroxylation is 1. The first kappa shape index (κ1) is 22.3. The van der Waals surface area contributed by atoms with Gasteiger partial charge in [0.05, 0.1) is 12.1 Å². The fourth-order valence-corrected chi connectivity index (χ4v) is 4.41. The average molecular weight is 464 g/mol. The zero-order chi connectivity index (χ0) is 24.4. The molecule has 0 fully saturated rings. The summed E-state index contributed by atoms with van der Waals surface area (Å²) in [5.41, 5.74) is 12.3. The third-order valence-corrected chi connectivity index (χ3v) is 6.10. The SMILES string of the molecule is Cc1ccc(-c2ccccc2)c(C(=O)Nc2ccc3c(c2)CCN3C(=O)Cc2ccnc(N)n2)c1. The highest BCUT2D eigenvalue weighted by atomic mass is 16.2. The third kappa shape index (κ3) is 4.75. The Labute approximate surface area is 203 Å². The summed E-state index contributed by atoms with van der Waals surface area (Å²) < 4.78 is 0. The van der Waals surface area contributed by atoms with Crippen LogP contribution in [0.3, 0.4) is 0 Å². The van der Waals surface area contributed by atoms with Gasteiger partial charge >= 0.3 is 0 Å². The first-order chi connectivity index (χ1) is 17.0. The molecule has 7 nitrogen and oxygen atoms in total. The molecule has 0 saturated carbocycles. The second-order valence-corrected chi connectivity index (χ2v) is 8.59. The van der Waals surface area contributed by atoms with Crippen LogP contribution in [0.5, 0.6) is 0 Å². The fraction of sp³-hybridized carbons (Fsp3) is 0.143. The highest BCUT2D eigenvalue weighted by Crippen LogP contribution is 2.32. The van der Waals surface area contributed by atoms with Crippen LogP contribution in [-0.4, -0.2) is 28.3 Å². The van der Waals surface area contributed by atoms with Gasteiger partial charge in [0.2, 0.25) is 11.9 Å². The van der Waals surface area contributed by atoms with Crippen molar-refractivity contribution in [3.05, 3.63) is 101 Å². The number of nitrogens with zero attached hydrogens (tertiary/aromatic N) is 3. The van der Waals surface area contributed by atoms with Crippen molar-refractivity contribution in [2.45, 2.75) is 19.8 Å². The second kappa shape index (κ2) is 9.38. The Kier molecular flexibility index (Phi) is 5.97. The van der Waals surface area contributed by atoms with E-state index in [2.05, 4.69) is 15.3 Å². The van der Waals surface area contributed by atoms with Crippen molar-refractivity contribution >= 4 is 29.1 Å². The Morgan fingerprint density at radius 1 is 1.03 bits per heavy atom. The number of carbonyl (C=O) groups is 2. The minimum atomic E-state index is -0.167. The predicted molar refractivity (Wildman–Crippen MR) is 137 cm³/mol. The standard InChI is InChI=1S/C28H25N5O2/c1-18-7-9-23(19-5-3-2-4-6-19)24(15-18)27(35)31-21-8-10-25-20(16-21)12-14-33(25)26(34)17-22-11-13-30-28(29)32-22/h2-11,13,15-16H,12,14,17H2,1H3,(H,31,35)(H2,29,30,32). The van der Waals surface area contributed by atoms with E-state index < -0.39 is 0 Å². The van der Waals surface area contributed by atoms with E-state index in [1.807, 2.05) is 73.7 Å². The summed E-state index contributed by atoms with van der Waals surface area (Å²) in [7, 11) is 0. The lowest BCUT2D eigenvalue weighted by atomic mass is 9.97. The molecule has 0 radical (unpaired) electrons. The van der Waals surface area contributed by atoms with Crippen LogP contribution in [0.2, 0.25) is 0 Å². The molecule has 2 heterocycles. The summed E-state index contributed by atoms with van der Waals surface area (Å²) in [6, 6.07) is 23.1. The van der Waals surface area contributed by atoms with Crippen molar-refractivity contribution in [3.8, 4) is 11.1 Å². The van der Waals surface area contributed by atoms with Gasteiger partial charge in [-0.05, 0) is 60.4 Å². The Morgan fingerprint density at radius 3 is 2.66 bits per heavy atom. The Morgan fingerprint density at radius 2 is 1.86 bits per heavy atom. The number of amides is 2. The van der Waals surface area contributed by atoms with Crippen LogP contribution in [0.1, 0.15) is 27.2 Å². The third-order valence-electron chi connectivity index (χ3n) is 6.10. The van der Waals surface area contributed by atoms with Crippen LogP contribution in [0.4, 0.5) is 17.3 Å². The molecule has 5 rings (SSSR count). The lowest BCUT2D eigenvalue weighted by Gasteiger charge is -2.18. The summed E-state index contributed by atoms with van der Waals surface area (Å²) in [5.74, 6) is -0.0628. The van der Waals surface area contributed by atoms with E-state index in [0.717, 1.165) is 34.4 Å². The lowest BCUT2D eigenvalue weighted by molar-refractivity contribution is -0.117. The summed E-state index contributed by atoms with van der Waals surface area (Å²) in [4.78, 5) is 35.9. The molecule has 1 aliphatic rings. The van der Waals surface area contributed by atoms with Crippen LogP contribution >= 0.6 is 0 Å². The number of nitrogens with two attached hydrogens (primary N) is 1. The number of aromatic nitrogens is 2. The Hall–Kier alpha value is -4.52. The van der Waals surface area contributed by atoms with Crippen molar-refractivity contribution in [1.29, 1.82) is 0 Å². The van der Waals surface area contributed by atoms with Crippen molar-refractivity contribution < 1.29 is 9.59 Å². The quantitative estimate of drug-likeness (QED) is 0.456. The minimum Gasteiger partial charge on any atom is -0.368 e. The van der Waals surface area contributed by atoms with Crippen LogP contribution in [0, 0.1) is 6.92 Å². The molecular weight excluding hydrogens is 438 g/mol. The summed E-state index contributed by atoms with van der Waals surface area (Å²) >= 11 is 0. The maximum atomic E-state index is 13.3. The van der Waals surface area contributed by atoms with E-state index in [0.29, 0.717) is 23.5 Å². The molecule has 3 N–H and O–H groups in total. The highest BCUT2D eigenvalue weighted by Gasteiger charge is 2.25. The molecule has 2 amide bonds. The maximum Gasteiger partial charge on any atom is 0.256 e. The Bertz CT molecular complexity index is 1420. The van der Waals surface area contributed by atoms with Gasteiger partial charge in [0.1, 0.15) is 0 Å². The van der Waals surface area contributed by atoms with E-state index in [1.54, 1.807) is 17.2 Å². The number of hydrogen-bond donors (Lipinski definition) is 2. The van der Waals surface area contributed by atoms with E-state index in [1.165, 1.54) is 0 Å². The smallest absolute Gasteiger partial charge is 0.256 e. The van der Waals surface area contributed by atoms with Gasteiger partial charge in [-0.25, -0.2) is 9.97 Å². The topological polar surface area (TPSA) is 101 Å². The van der Waals surface area contributed by atoms with Crippen molar-refractivity contribution in [3.63, 3.8) is 0 Å². The summed E-state index contributed by atoms with van der Waals surface area (Å²) in [6.07, 6.45) is 2.42. The van der Waals surface area contributed by atoms with Gasteiger partial charge in [-0.2, -0.15) is 0 Å². The molecular formula is C28H25N5O2. The molecule has 174 valence electrons. The van der Waals surface area contributed by atoms with Crippen molar-refractivity contribution in [2.24, 2.45) is 0 Å². The lowest BCUT2D eigenvalue weighted by Crippen LogP contribution is -2.30. The number of benzene rings is 3. The van der Waals surface area contributed by atoms with Crippen LogP contribution in [0.25, 0.3) is 11.1 Å². The molecule has 0 bridgehead atoms. The van der Waals surface area contributed by atoms with Crippen LogP contribution < -0.4 is 16.0 Å². The highest BCUT2D eigenvalue weighted by molar-refractivity contribution is 6.09. The zero-order valence-corrected chi connectivity index (χ0v) is 19.4. The van der Waals surface area contributed by atoms with E-state index >= 15 is 0 Å². The molecule has 0 saturated heterocycles.